The highest BCUT2D eigenvalue weighted by Crippen LogP contribution is 2.14. The fraction of sp³-hybridized carbons (Fsp3) is 0.571. The van der Waals surface area contributed by atoms with Gasteiger partial charge in [0.15, 0.2) is 0 Å². The number of nitrogens with two attached hydrogens (primary N) is 1. The molecule has 0 aromatic carbocycles. The topological polar surface area (TPSA) is 84.3 Å². The minimum absolute atomic E-state index is 0.176. The molecule has 0 amide bonds. The molecule has 0 bridgehead atoms. The van der Waals surface area contributed by atoms with Crippen LogP contribution in [0.5, 0.6) is 0 Å². The van der Waals surface area contributed by atoms with E-state index in [0.717, 1.165) is 0 Å². The summed E-state index contributed by atoms with van der Waals surface area (Å²) in [6.07, 6.45) is 3.05. The van der Waals surface area contributed by atoms with Crippen LogP contribution in [0.1, 0.15) is 6.92 Å². The molecule has 12 heavy (non-hydrogen) atoms. The molecular weight excluding hydrogens is 158 g/mol. The van der Waals surface area contributed by atoms with Crippen molar-refractivity contribution in [2.45, 2.75) is 12.5 Å². The van der Waals surface area contributed by atoms with E-state index in [9.17, 15) is 0 Å². The maximum Gasteiger partial charge on any atom is 0.106 e. The number of aromatic nitrogens is 2. The molecule has 5 heteroatoms. The standard InChI is InChI=1S/C7H13N3O2/c1-7(4-11,5-12)10-3-6(8)2-9-10/h2-3,11-12H,4-5,8H2,1H3. The molecule has 68 valence electrons. The predicted octanol–water partition coefficient (Wildman–Crippen LogP) is -0.835. The first-order chi connectivity index (χ1) is 5.62. The quantitative estimate of drug-likeness (QED) is 0.554. The molecule has 1 aromatic heterocycles. The monoisotopic (exact) mass is 171 g/mol. The number of hydrogen-bond acceptors (Lipinski definition) is 4. The molecule has 0 aliphatic carbocycles. The van der Waals surface area contributed by atoms with Gasteiger partial charge in [-0.05, 0) is 6.92 Å². The first kappa shape index (κ1) is 9.02. The minimum Gasteiger partial charge on any atom is -0.396 e. The molecule has 0 fully saturated rings. The van der Waals surface area contributed by atoms with E-state index in [1.165, 1.54) is 10.9 Å². The summed E-state index contributed by atoms with van der Waals surface area (Å²) in [6, 6.07) is 0. The van der Waals surface area contributed by atoms with Crippen molar-refractivity contribution < 1.29 is 10.2 Å². The largest absolute Gasteiger partial charge is 0.396 e. The molecular formula is C7H13N3O2. The van der Waals surface area contributed by atoms with Gasteiger partial charge in [0.05, 0.1) is 25.1 Å². The van der Waals surface area contributed by atoms with Gasteiger partial charge in [-0.25, -0.2) is 0 Å². The Morgan fingerprint density at radius 2 is 2.17 bits per heavy atom. The van der Waals surface area contributed by atoms with Crippen molar-refractivity contribution in [2.75, 3.05) is 18.9 Å². The number of aliphatic hydroxyl groups is 2. The van der Waals surface area contributed by atoms with Crippen LogP contribution in [0.4, 0.5) is 5.69 Å². The zero-order valence-electron chi connectivity index (χ0n) is 6.94. The lowest BCUT2D eigenvalue weighted by Gasteiger charge is -2.24. The summed E-state index contributed by atoms with van der Waals surface area (Å²) in [5, 5.41) is 21.9. The van der Waals surface area contributed by atoms with E-state index in [1.807, 2.05) is 0 Å². The molecule has 0 atom stereocenters. The molecule has 0 unspecified atom stereocenters. The summed E-state index contributed by atoms with van der Waals surface area (Å²) in [6.45, 7) is 1.34. The smallest absolute Gasteiger partial charge is 0.106 e. The highest BCUT2D eigenvalue weighted by Gasteiger charge is 2.25. The number of anilines is 1. The van der Waals surface area contributed by atoms with Crippen LogP contribution >= 0.6 is 0 Å². The van der Waals surface area contributed by atoms with Crippen LogP contribution in [-0.4, -0.2) is 33.2 Å². The van der Waals surface area contributed by atoms with E-state index >= 15 is 0 Å². The minimum atomic E-state index is -0.766. The van der Waals surface area contributed by atoms with E-state index < -0.39 is 5.54 Å². The van der Waals surface area contributed by atoms with Crippen LogP contribution in [0, 0.1) is 0 Å². The molecule has 0 radical (unpaired) electrons. The average molecular weight is 171 g/mol. The van der Waals surface area contributed by atoms with Crippen molar-refractivity contribution in [1.29, 1.82) is 0 Å². The Balaban J connectivity index is 2.94. The van der Waals surface area contributed by atoms with Crippen molar-refractivity contribution in [3.63, 3.8) is 0 Å². The van der Waals surface area contributed by atoms with E-state index in [0.29, 0.717) is 5.69 Å². The third kappa shape index (κ3) is 1.41. The van der Waals surface area contributed by atoms with Gasteiger partial charge in [0.25, 0.3) is 0 Å². The van der Waals surface area contributed by atoms with Crippen LogP contribution in [0.3, 0.4) is 0 Å². The van der Waals surface area contributed by atoms with Crippen molar-refractivity contribution in [3.8, 4) is 0 Å². The van der Waals surface area contributed by atoms with E-state index in [-0.39, 0.29) is 13.2 Å². The van der Waals surface area contributed by atoms with Crippen LogP contribution in [0.2, 0.25) is 0 Å². The Morgan fingerprint density at radius 3 is 2.50 bits per heavy atom. The Morgan fingerprint density at radius 1 is 1.58 bits per heavy atom. The maximum absolute atomic E-state index is 8.99. The molecule has 1 aromatic rings. The number of rotatable bonds is 3. The lowest BCUT2D eigenvalue weighted by Crippen LogP contribution is -2.38. The Kier molecular flexibility index (Phi) is 2.35. The summed E-state index contributed by atoms with van der Waals surface area (Å²) in [5.74, 6) is 0. The first-order valence-electron chi connectivity index (χ1n) is 3.65. The van der Waals surface area contributed by atoms with Crippen molar-refractivity contribution in [3.05, 3.63) is 12.4 Å². The summed E-state index contributed by atoms with van der Waals surface area (Å²) >= 11 is 0. The molecule has 1 heterocycles. The first-order valence-corrected chi connectivity index (χ1v) is 3.65. The van der Waals surface area contributed by atoms with Crippen LogP contribution in [-0.2, 0) is 5.54 Å². The van der Waals surface area contributed by atoms with Gasteiger partial charge >= 0.3 is 0 Å². The van der Waals surface area contributed by atoms with Gasteiger partial charge in [-0.2, -0.15) is 5.10 Å². The Hall–Kier alpha value is -1.07. The second-order valence-electron chi connectivity index (χ2n) is 3.03. The lowest BCUT2D eigenvalue weighted by atomic mass is 10.1. The van der Waals surface area contributed by atoms with Crippen molar-refractivity contribution in [2.24, 2.45) is 0 Å². The Labute approximate surface area is 70.4 Å². The summed E-state index contributed by atoms with van der Waals surface area (Å²) in [5.41, 5.74) is 5.19. The molecule has 0 spiro atoms. The summed E-state index contributed by atoms with van der Waals surface area (Å²) in [4.78, 5) is 0. The van der Waals surface area contributed by atoms with Gasteiger partial charge < -0.3 is 15.9 Å². The average Bonchev–Trinajstić information content (AvgIpc) is 2.51. The molecule has 0 saturated carbocycles. The molecule has 1 rings (SSSR count). The molecule has 5 nitrogen and oxygen atoms in total. The zero-order valence-corrected chi connectivity index (χ0v) is 6.94. The van der Waals surface area contributed by atoms with Crippen molar-refractivity contribution in [1.82, 2.24) is 9.78 Å². The van der Waals surface area contributed by atoms with E-state index in [2.05, 4.69) is 5.10 Å². The van der Waals surface area contributed by atoms with E-state index in [1.54, 1.807) is 13.1 Å². The highest BCUT2D eigenvalue weighted by molar-refractivity contribution is 5.30. The van der Waals surface area contributed by atoms with Gasteiger partial charge in [-0.1, -0.05) is 0 Å². The molecule has 0 saturated heterocycles. The predicted molar refractivity (Wildman–Crippen MR) is 44.5 cm³/mol. The SMILES string of the molecule is CC(CO)(CO)n1cc(N)cn1. The van der Waals surface area contributed by atoms with Crippen LogP contribution in [0.15, 0.2) is 12.4 Å². The number of hydrogen-bond donors (Lipinski definition) is 3. The van der Waals surface area contributed by atoms with Crippen LogP contribution < -0.4 is 5.73 Å². The fourth-order valence-corrected chi connectivity index (χ4v) is 0.827. The summed E-state index contributed by atoms with van der Waals surface area (Å²) in [7, 11) is 0. The molecule has 4 N–H and O–H groups in total. The summed E-state index contributed by atoms with van der Waals surface area (Å²) < 4.78 is 1.46. The normalized spacial score (nSPS) is 11.9. The fourth-order valence-electron chi connectivity index (χ4n) is 0.827. The molecule has 0 aliphatic rings. The van der Waals surface area contributed by atoms with Gasteiger partial charge in [-0.15, -0.1) is 0 Å². The number of nitrogen functional groups attached to an aromatic ring is 1. The van der Waals surface area contributed by atoms with E-state index in [4.69, 9.17) is 15.9 Å². The van der Waals surface area contributed by atoms with Crippen molar-refractivity contribution >= 4 is 5.69 Å². The van der Waals surface area contributed by atoms with Gasteiger partial charge in [-0.3, -0.25) is 4.68 Å². The van der Waals surface area contributed by atoms with Gasteiger partial charge in [0.1, 0.15) is 5.54 Å². The maximum atomic E-state index is 8.99. The third-order valence-electron chi connectivity index (χ3n) is 1.84. The van der Waals surface area contributed by atoms with Gasteiger partial charge in [0.2, 0.25) is 0 Å². The zero-order chi connectivity index (χ0) is 9.19. The second kappa shape index (κ2) is 3.12. The molecule has 0 aliphatic heterocycles. The number of aliphatic hydroxyl groups excluding tert-OH is 2. The number of nitrogens with zero attached hydrogens (tertiary/aromatic N) is 2. The second-order valence-corrected chi connectivity index (χ2v) is 3.03. The lowest BCUT2D eigenvalue weighted by molar-refractivity contribution is 0.0682. The van der Waals surface area contributed by atoms with Gasteiger partial charge in [0, 0.05) is 6.20 Å². The highest BCUT2D eigenvalue weighted by atomic mass is 16.3. The van der Waals surface area contributed by atoms with Crippen LogP contribution in [0.25, 0.3) is 0 Å². The third-order valence-corrected chi connectivity index (χ3v) is 1.84. The Bertz CT molecular complexity index is 255.